The molecule has 0 saturated heterocycles. The monoisotopic (exact) mass is 671 g/mol. The minimum Gasteiger partial charge on any atom is -0.338 e. The lowest BCUT2D eigenvalue weighted by atomic mass is 9.88. The number of amides is 4. The van der Waals surface area contributed by atoms with Gasteiger partial charge in [-0.1, -0.05) is 141 Å². The SMILES string of the molecule is C=C(CNC(=O)NCCc1ccccc1)CN(CCC(c1ccccc1)c1ccccc1)C(=O)N(CCc1ccccc1)[C@@H]1CCCC[C@@H]1N. The zero-order valence-electron chi connectivity index (χ0n) is 29.3. The van der Waals surface area contributed by atoms with E-state index < -0.39 is 0 Å². The lowest BCUT2D eigenvalue weighted by Crippen LogP contribution is -2.56. The van der Waals surface area contributed by atoms with Crippen molar-refractivity contribution in [3.8, 4) is 0 Å². The molecule has 4 amide bonds. The van der Waals surface area contributed by atoms with Crippen molar-refractivity contribution >= 4 is 12.1 Å². The molecular weight excluding hydrogens is 619 g/mol. The normalized spacial score (nSPS) is 15.6. The molecule has 0 aromatic heterocycles. The Hall–Kier alpha value is -4.88. The van der Waals surface area contributed by atoms with Gasteiger partial charge in [-0.2, -0.15) is 0 Å². The van der Waals surface area contributed by atoms with Crippen molar-refractivity contribution < 1.29 is 9.59 Å². The lowest BCUT2D eigenvalue weighted by molar-refractivity contribution is 0.113. The topological polar surface area (TPSA) is 90.7 Å². The van der Waals surface area contributed by atoms with Crippen molar-refractivity contribution in [3.05, 3.63) is 156 Å². The van der Waals surface area contributed by atoms with Gasteiger partial charge >= 0.3 is 12.1 Å². The molecule has 0 bridgehead atoms. The Balaban J connectivity index is 1.31. The predicted octanol–water partition coefficient (Wildman–Crippen LogP) is 7.54. The van der Waals surface area contributed by atoms with Crippen LogP contribution in [0.3, 0.4) is 0 Å². The number of benzene rings is 4. The molecule has 262 valence electrons. The Labute approximate surface area is 298 Å². The smallest absolute Gasteiger partial charge is 0.320 e. The Morgan fingerprint density at radius 2 is 1.26 bits per heavy atom. The Kier molecular flexibility index (Phi) is 14.1. The van der Waals surface area contributed by atoms with E-state index in [9.17, 15) is 9.59 Å². The molecule has 2 atom stereocenters. The Bertz CT molecular complexity index is 1560. The summed E-state index contributed by atoms with van der Waals surface area (Å²) in [5, 5.41) is 5.90. The van der Waals surface area contributed by atoms with Crippen molar-refractivity contribution in [1.82, 2.24) is 20.4 Å². The number of nitrogens with one attached hydrogen (secondary N) is 2. The third-order valence-electron chi connectivity index (χ3n) is 9.73. The minimum absolute atomic E-state index is 0.0170. The van der Waals surface area contributed by atoms with Crippen molar-refractivity contribution in [2.45, 2.75) is 62.9 Å². The molecule has 5 rings (SSSR count). The first kappa shape index (κ1) is 36.4. The quantitative estimate of drug-likeness (QED) is 0.108. The number of carbonyl (C=O) groups is 2. The molecular formula is C43H53N5O2. The summed E-state index contributed by atoms with van der Waals surface area (Å²) in [5.41, 5.74) is 12.3. The van der Waals surface area contributed by atoms with E-state index in [1.54, 1.807) is 0 Å². The van der Waals surface area contributed by atoms with Crippen LogP contribution in [0.25, 0.3) is 0 Å². The molecule has 7 nitrogen and oxygen atoms in total. The molecule has 1 aliphatic carbocycles. The maximum absolute atomic E-state index is 14.8. The van der Waals surface area contributed by atoms with E-state index in [4.69, 9.17) is 5.73 Å². The van der Waals surface area contributed by atoms with E-state index in [0.717, 1.165) is 50.5 Å². The highest BCUT2D eigenvalue weighted by Gasteiger charge is 2.33. The molecule has 4 N–H and O–H groups in total. The van der Waals surface area contributed by atoms with E-state index in [1.807, 2.05) is 58.3 Å². The molecule has 0 unspecified atom stereocenters. The molecule has 0 heterocycles. The Morgan fingerprint density at radius 3 is 1.84 bits per heavy atom. The van der Waals surface area contributed by atoms with Crippen molar-refractivity contribution in [2.24, 2.45) is 5.73 Å². The van der Waals surface area contributed by atoms with Crippen LogP contribution >= 0.6 is 0 Å². The summed E-state index contributed by atoms with van der Waals surface area (Å²) < 4.78 is 0. The number of nitrogens with two attached hydrogens (primary N) is 1. The molecule has 1 aliphatic rings. The average molecular weight is 672 g/mol. The molecule has 1 saturated carbocycles. The van der Waals surface area contributed by atoms with Gasteiger partial charge in [-0.15, -0.1) is 0 Å². The number of nitrogens with zero attached hydrogens (tertiary/aromatic N) is 2. The highest BCUT2D eigenvalue weighted by atomic mass is 16.2. The molecule has 4 aromatic rings. The van der Waals surface area contributed by atoms with Gasteiger partial charge in [0.25, 0.3) is 0 Å². The largest absolute Gasteiger partial charge is 0.338 e. The summed E-state index contributed by atoms with van der Waals surface area (Å²) >= 11 is 0. The van der Waals surface area contributed by atoms with E-state index in [1.165, 1.54) is 22.3 Å². The summed E-state index contributed by atoms with van der Waals surface area (Å²) in [7, 11) is 0. The summed E-state index contributed by atoms with van der Waals surface area (Å²) in [4.78, 5) is 31.5. The van der Waals surface area contributed by atoms with E-state index >= 15 is 0 Å². The summed E-state index contributed by atoms with van der Waals surface area (Å²) in [6, 6.07) is 41.1. The van der Waals surface area contributed by atoms with Crippen LogP contribution in [0.5, 0.6) is 0 Å². The maximum Gasteiger partial charge on any atom is 0.320 e. The fourth-order valence-electron chi connectivity index (χ4n) is 6.99. The van der Waals surface area contributed by atoms with Crippen molar-refractivity contribution in [3.63, 3.8) is 0 Å². The van der Waals surface area contributed by atoms with Crippen LogP contribution in [0.2, 0.25) is 0 Å². The number of rotatable bonds is 16. The molecule has 4 aromatic carbocycles. The fourth-order valence-corrected chi connectivity index (χ4v) is 6.99. The summed E-state index contributed by atoms with van der Waals surface area (Å²) in [6.07, 6.45) is 6.22. The average Bonchev–Trinajstić information content (AvgIpc) is 3.16. The summed E-state index contributed by atoms with van der Waals surface area (Å²) in [6.45, 7) is 6.58. The van der Waals surface area contributed by atoms with Crippen LogP contribution in [0.4, 0.5) is 9.59 Å². The van der Waals surface area contributed by atoms with E-state index in [0.29, 0.717) is 26.2 Å². The van der Waals surface area contributed by atoms with Gasteiger partial charge in [0, 0.05) is 50.7 Å². The molecule has 7 heteroatoms. The van der Waals surface area contributed by atoms with Crippen LogP contribution in [-0.2, 0) is 12.8 Å². The Morgan fingerprint density at radius 1 is 0.720 bits per heavy atom. The lowest BCUT2D eigenvalue weighted by Gasteiger charge is -2.41. The minimum atomic E-state index is -0.245. The van der Waals surface area contributed by atoms with Gasteiger partial charge in [-0.25, -0.2) is 9.59 Å². The third kappa shape index (κ3) is 11.1. The number of hydrogen-bond donors (Lipinski definition) is 3. The van der Waals surface area contributed by atoms with Gasteiger partial charge in [-0.3, -0.25) is 0 Å². The van der Waals surface area contributed by atoms with Gasteiger partial charge in [0.15, 0.2) is 0 Å². The van der Waals surface area contributed by atoms with Gasteiger partial charge in [-0.05, 0) is 59.9 Å². The van der Waals surface area contributed by atoms with Crippen LogP contribution in [0.1, 0.15) is 60.3 Å². The van der Waals surface area contributed by atoms with Gasteiger partial charge in [0.1, 0.15) is 0 Å². The number of carbonyl (C=O) groups excluding carboxylic acids is 2. The van der Waals surface area contributed by atoms with Crippen molar-refractivity contribution in [1.29, 1.82) is 0 Å². The standard InChI is InChI=1S/C43H53N5O2/c1-34(32-46-42(49)45-29-26-35-16-6-2-7-17-35)33-47(30-28-39(37-20-10-4-11-21-37)38-22-12-5-13-23-38)43(50)48(41-25-15-14-24-40(41)44)31-27-36-18-8-3-9-19-36/h2-13,16-23,39-41H,1,14-15,24-33,44H2,(H2,45,46,49)/t40-,41+/m0/s1. The predicted molar refractivity (Wildman–Crippen MR) is 204 cm³/mol. The van der Waals surface area contributed by atoms with Crippen LogP contribution < -0.4 is 16.4 Å². The highest BCUT2D eigenvalue weighted by Crippen LogP contribution is 2.29. The van der Waals surface area contributed by atoms with Crippen molar-refractivity contribution in [2.75, 3.05) is 32.7 Å². The van der Waals surface area contributed by atoms with Crippen LogP contribution in [-0.4, -0.2) is 66.7 Å². The second kappa shape index (κ2) is 19.3. The first-order valence-corrected chi connectivity index (χ1v) is 18.1. The molecule has 0 spiro atoms. The third-order valence-corrected chi connectivity index (χ3v) is 9.73. The van der Waals surface area contributed by atoms with Gasteiger partial charge < -0.3 is 26.2 Å². The second-order valence-electron chi connectivity index (χ2n) is 13.4. The van der Waals surface area contributed by atoms with Gasteiger partial charge in [0.05, 0.1) is 0 Å². The first-order valence-electron chi connectivity index (χ1n) is 18.1. The molecule has 1 fully saturated rings. The second-order valence-corrected chi connectivity index (χ2v) is 13.4. The number of hydrogen-bond acceptors (Lipinski definition) is 3. The zero-order valence-corrected chi connectivity index (χ0v) is 29.3. The van der Waals surface area contributed by atoms with Crippen LogP contribution in [0, 0.1) is 0 Å². The van der Waals surface area contributed by atoms with E-state index in [2.05, 4.69) is 90.0 Å². The zero-order chi connectivity index (χ0) is 35.0. The fraction of sp³-hybridized carbons (Fsp3) is 0.349. The van der Waals surface area contributed by atoms with Gasteiger partial charge in [0.2, 0.25) is 0 Å². The molecule has 50 heavy (non-hydrogen) atoms. The highest BCUT2D eigenvalue weighted by molar-refractivity contribution is 5.76. The van der Waals surface area contributed by atoms with E-state index in [-0.39, 0.29) is 36.6 Å². The number of urea groups is 2. The molecule has 0 aliphatic heterocycles. The summed E-state index contributed by atoms with van der Waals surface area (Å²) in [5.74, 6) is 0.115. The molecule has 0 radical (unpaired) electrons. The first-order chi connectivity index (χ1) is 24.5. The van der Waals surface area contributed by atoms with Crippen LogP contribution in [0.15, 0.2) is 133 Å². The maximum atomic E-state index is 14.8.